The second-order valence-corrected chi connectivity index (χ2v) is 3.82. The molecule has 0 heterocycles. The summed E-state index contributed by atoms with van der Waals surface area (Å²) in [5, 5.41) is 17.6. The number of aliphatic hydroxyl groups is 2. The zero-order valence-corrected chi connectivity index (χ0v) is 8.38. The third-order valence-electron chi connectivity index (χ3n) is 2.32. The Kier molecular flexibility index (Phi) is 5.46. The molecule has 0 radical (unpaired) electrons. The van der Waals surface area contributed by atoms with Gasteiger partial charge in [-0.1, -0.05) is 0 Å². The fourth-order valence-corrected chi connectivity index (χ4v) is 0.884. The third kappa shape index (κ3) is 4.04. The van der Waals surface area contributed by atoms with E-state index in [0.717, 1.165) is 19.4 Å². The Morgan fingerprint density at radius 3 is 2.17 bits per heavy atom. The minimum atomic E-state index is -0.143. The normalized spacial score (nSPS) is 12.5. The van der Waals surface area contributed by atoms with E-state index < -0.39 is 0 Å². The SMILES string of the molecule is CN(CCCCO)C(C)(C)CO. The van der Waals surface area contributed by atoms with Crippen LogP contribution < -0.4 is 0 Å². The highest BCUT2D eigenvalue weighted by Crippen LogP contribution is 2.11. The molecular weight excluding hydrogens is 154 g/mol. The zero-order chi connectivity index (χ0) is 9.61. The molecule has 0 rings (SSSR count). The van der Waals surface area contributed by atoms with E-state index in [1.807, 2.05) is 20.9 Å². The van der Waals surface area contributed by atoms with E-state index in [2.05, 4.69) is 4.90 Å². The van der Waals surface area contributed by atoms with Gasteiger partial charge in [0, 0.05) is 12.1 Å². The summed E-state index contributed by atoms with van der Waals surface area (Å²) < 4.78 is 0. The number of unbranched alkanes of at least 4 members (excludes halogenated alkanes) is 1. The topological polar surface area (TPSA) is 43.7 Å². The summed E-state index contributed by atoms with van der Waals surface area (Å²) in [6.45, 7) is 5.36. The summed E-state index contributed by atoms with van der Waals surface area (Å²) in [4.78, 5) is 2.11. The molecule has 0 aromatic carbocycles. The molecule has 0 amide bonds. The smallest absolute Gasteiger partial charge is 0.0609 e. The maximum atomic E-state index is 9.03. The van der Waals surface area contributed by atoms with E-state index in [4.69, 9.17) is 10.2 Å². The summed E-state index contributed by atoms with van der Waals surface area (Å²) >= 11 is 0. The van der Waals surface area contributed by atoms with Crippen LogP contribution in [0, 0.1) is 0 Å². The van der Waals surface area contributed by atoms with Gasteiger partial charge in [-0.3, -0.25) is 4.90 Å². The molecule has 0 atom stereocenters. The van der Waals surface area contributed by atoms with Gasteiger partial charge in [0.15, 0.2) is 0 Å². The molecule has 0 aliphatic carbocycles. The minimum Gasteiger partial charge on any atom is -0.396 e. The van der Waals surface area contributed by atoms with Gasteiger partial charge in [0.05, 0.1) is 6.61 Å². The minimum absolute atomic E-state index is 0.143. The average molecular weight is 175 g/mol. The maximum absolute atomic E-state index is 9.03. The quantitative estimate of drug-likeness (QED) is 0.576. The zero-order valence-electron chi connectivity index (χ0n) is 8.38. The lowest BCUT2D eigenvalue weighted by atomic mass is 10.0. The molecule has 0 spiro atoms. The van der Waals surface area contributed by atoms with Crippen molar-refractivity contribution in [3.8, 4) is 0 Å². The van der Waals surface area contributed by atoms with Crippen LogP contribution in [0.25, 0.3) is 0 Å². The van der Waals surface area contributed by atoms with E-state index >= 15 is 0 Å². The first kappa shape index (κ1) is 11.9. The molecule has 0 aliphatic heterocycles. The molecule has 0 unspecified atom stereocenters. The molecule has 3 nitrogen and oxygen atoms in total. The van der Waals surface area contributed by atoms with Crippen molar-refractivity contribution in [1.29, 1.82) is 0 Å². The van der Waals surface area contributed by atoms with Crippen LogP contribution in [0.5, 0.6) is 0 Å². The number of rotatable bonds is 6. The van der Waals surface area contributed by atoms with Gasteiger partial charge in [-0.15, -0.1) is 0 Å². The van der Waals surface area contributed by atoms with Crippen LogP contribution in [0.15, 0.2) is 0 Å². The Hall–Kier alpha value is -0.120. The van der Waals surface area contributed by atoms with E-state index in [0.29, 0.717) is 0 Å². The van der Waals surface area contributed by atoms with E-state index in [-0.39, 0.29) is 18.8 Å². The van der Waals surface area contributed by atoms with Crippen LogP contribution in [0.1, 0.15) is 26.7 Å². The number of nitrogens with zero attached hydrogens (tertiary/aromatic N) is 1. The van der Waals surface area contributed by atoms with Crippen molar-refractivity contribution < 1.29 is 10.2 Å². The Balaban J connectivity index is 3.63. The van der Waals surface area contributed by atoms with Crippen LogP contribution in [0.4, 0.5) is 0 Å². The molecule has 0 aromatic rings. The molecule has 0 bridgehead atoms. The first-order chi connectivity index (χ1) is 5.54. The molecular formula is C9H21NO2. The van der Waals surface area contributed by atoms with Gasteiger partial charge in [-0.25, -0.2) is 0 Å². The Morgan fingerprint density at radius 2 is 1.75 bits per heavy atom. The van der Waals surface area contributed by atoms with E-state index in [9.17, 15) is 0 Å². The molecule has 0 aromatic heterocycles. The molecule has 3 heteroatoms. The predicted molar refractivity (Wildman–Crippen MR) is 50.1 cm³/mol. The lowest BCUT2D eigenvalue weighted by Gasteiger charge is -2.33. The lowest BCUT2D eigenvalue weighted by Crippen LogP contribution is -2.44. The summed E-state index contributed by atoms with van der Waals surface area (Å²) in [5.41, 5.74) is -0.143. The van der Waals surface area contributed by atoms with Crippen LogP contribution in [-0.4, -0.2) is 47.5 Å². The molecule has 12 heavy (non-hydrogen) atoms. The first-order valence-electron chi connectivity index (χ1n) is 4.47. The van der Waals surface area contributed by atoms with Gasteiger partial charge in [0.2, 0.25) is 0 Å². The lowest BCUT2D eigenvalue weighted by molar-refractivity contribution is 0.0765. The monoisotopic (exact) mass is 175 g/mol. The summed E-state index contributed by atoms with van der Waals surface area (Å²) in [5.74, 6) is 0. The maximum Gasteiger partial charge on any atom is 0.0609 e. The third-order valence-corrected chi connectivity index (χ3v) is 2.32. The largest absolute Gasteiger partial charge is 0.396 e. The van der Waals surface area contributed by atoms with Gasteiger partial charge < -0.3 is 10.2 Å². The van der Waals surface area contributed by atoms with Crippen molar-refractivity contribution in [3.63, 3.8) is 0 Å². The Labute approximate surface area is 75.0 Å². The fourth-order valence-electron chi connectivity index (χ4n) is 0.884. The Morgan fingerprint density at radius 1 is 1.17 bits per heavy atom. The molecule has 74 valence electrons. The van der Waals surface area contributed by atoms with Gasteiger partial charge >= 0.3 is 0 Å². The number of hydrogen-bond acceptors (Lipinski definition) is 3. The second kappa shape index (κ2) is 5.51. The van der Waals surface area contributed by atoms with E-state index in [1.165, 1.54) is 0 Å². The first-order valence-corrected chi connectivity index (χ1v) is 4.47. The van der Waals surface area contributed by atoms with Crippen LogP contribution in [0.3, 0.4) is 0 Å². The van der Waals surface area contributed by atoms with Crippen molar-refractivity contribution in [2.24, 2.45) is 0 Å². The molecule has 0 aliphatic rings. The van der Waals surface area contributed by atoms with Crippen molar-refractivity contribution in [2.75, 3.05) is 26.8 Å². The van der Waals surface area contributed by atoms with Gasteiger partial charge in [-0.2, -0.15) is 0 Å². The standard InChI is InChI=1S/C9H21NO2/c1-9(2,8-12)10(3)6-4-5-7-11/h11-12H,4-8H2,1-3H3. The second-order valence-electron chi connectivity index (χ2n) is 3.82. The highest BCUT2D eigenvalue weighted by molar-refractivity contribution is 4.77. The molecule has 0 saturated heterocycles. The summed E-state index contributed by atoms with van der Waals surface area (Å²) in [6.07, 6.45) is 1.82. The van der Waals surface area contributed by atoms with Crippen LogP contribution in [-0.2, 0) is 0 Å². The van der Waals surface area contributed by atoms with Crippen molar-refractivity contribution >= 4 is 0 Å². The highest BCUT2D eigenvalue weighted by Gasteiger charge is 2.21. The number of hydrogen-bond donors (Lipinski definition) is 2. The average Bonchev–Trinajstić information content (AvgIpc) is 2.05. The van der Waals surface area contributed by atoms with Crippen molar-refractivity contribution in [1.82, 2.24) is 4.90 Å². The summed E-state index contributed by atoms with van der Waals surface area (Å²) in [7, 11) is 1.99. The van der Waals surface area contributed by atoms with Crippen molar-refractivity contribution in [3.05, 3.63) is 0 Å². The van der Waals surface area contributed by atoms with Crippen molar-refractivity contribution in [2.45, 2.75) is 32.2 Å². The predicted octanol–water partition coefficient (Wildman–Crippen LogP) is 0.462. The van der Waals surface area contributed by atoms with Crippen LogP contribution >= 0.6 is 0 Å². The molecule has 0 saturated carbocycles. The fraction of sp³-hybridized carbons (Fsp3) is 1.00. The number of likely N-dealkylation sites (N-methyl/N-ethyl adjacent to an activating group) is 1. The van der Waals surface area contributed by atoms with Crippen LogP contribution in [0.2, 0.25) is 0 Å². The number of aliphatic hydroxyl groups excluding tert-OH is 2. The highest BCUT2D eigenvalue weighted by atomic mass is 16.3. The van der Waals surface area contributed by atoms with E-state index in [1.54, 1.807) is 0 Å². The van der Waals surface area contributed by atoms with Gasteiger partial charge in [0.25, 0.3) is 0 Å². The summed E-state index contributed by atoms with van der Waals surface area (Å²) in [6, 6.07) is 0. The Bertz CT molecular complexity index is 115. The molecule has 0 fully saturated rings. The van der Waals surface area contributed by atoms with Gasteiger partial charge in [-0.05, 0) is 40.3 Å². The molecule has 2 N–H and O–H groups in total. The van der Waals surface area contributed by atoms with Gasteiger partial charge in [0.1, 0.15) is 0 Å².